The number of para-hydroxylation sites is 1. The molecule has 8 nitrogen and oxygen atoms in total. The molecule has 0 bridgehead atoms. The molecule has 1 aliphatic rings. The molecule has 0 radical (unpaired) electrons. The van der Waals surface area contributed by atoms with Crippen molar-refractivity contribution in [3.05, 3.63) is 65.3 Å². The molecule has 3 N–H and O–H groups in total. The van der Waals surface area contributed by atoms with Gasteiger partial charge < -0.3 is 25.1 Å². The van der Waals surface area contributed by atoms with Gasteiger partial charge in [0.2, 0.25) is 0 Å². The Morgan fingerprint density at radius 3 is 2.65 bits per heavy atom. The minimum absolute atomic E-state index is 0.226. The van der Waals surface area contributed by atoms with Gasteiger partial charge in [-0.05, 0) is 31.2 Å². The topological polar surface area (TPSA) is 110 Å². The van der Waals surface area contributed by atoms with Gasteiger partial charge in [-0.2, -0.15) is 0 Å². The molecule has 0 spiro atoms. The molecule has 2 aromatic rings. The quantitative estimate of drug-likeness (QED) is 0.729. The number of carbonyl (C=O) groups excluding carboxylic acids is 3. The highest BCUT2D eigenvalue weighted by atomic mass is 16.5. The van der Waals surface area contributed by atoms with E-state index < -0.39 is 23.9 Å². The molecule has 1 aliphatic heterocycles. The lowest BCUT2D eigenvalue weighted by Crippen LogP contribution is -2.45. The summed E-state index contributed by atoms with van der Waals surface area (Å²) >= 11 is 0. The number of allylic oxidation sites excluding steroid dienone is 1. The van der Waals surface area contributed by atoms with Crippen LogP contribution in [0.2, 0.25) is 0 Å². The average Bonchev–Trinajstić information content (AvgIpc) is 3.15. The number of ether oxygens (including phenoxy) is 1. The van der Waals surface area contributed by atoms with Crippen LogP contribution >= 0.6 is 0 Å². The van der Waals surface area contributed by atoms with Crippen molar-refractivity contribution < 1.29 is 23.5 Å². The fraction of sp³-hybridized carbons (Fsp3) is 0.167. The molecule has 1 atom stereocenters. The Morgan fingerprint density at radius 1 is 1.19 bits per heavy atom. The van der Waals surface area contributed by atoms with Gasteiger partial charge in [0.15, 0.2) is 0 Å². The summed E-state index contributed by atoms with van der Waals surface area (Å²) in [6.07, 6.45) is 1.46. The number of urea groups is 1. The lowest BCUT2D eigenvalue weighted by Gasteiger charge is -2.27. The third-order valence-electron chi connectivity index (χ3n) is 3.92. The monoisotopic (exact) mass is 355 g/mol. The van der Waals surface area contributed by atoms with E-state index >= 15 is 0 Å². The molecule has 0 saturated carbocycles. The van der Waals surface area contributed by atoms with Crippen molar-refractivity contribution in [2.24, 2.45) is 0 Å². The van der Waals surface area contributed by atoms with Crippen LogP contribution < -0.4 is 16.0 Å². The van der Waals surface area contributed by atoms with Gasteiger partial charge >= 0.3 is 12.0 Å². The van der Waals surface area contributed by atoms with Crippen LogP contribution in [0.3, 0.4) is 0 Å². The van der Waals surface area contributed by atoms with Gasteiger partial charge in [0.05, 0.1) is 30.2 Å². The summed E-state index contributed by atoms with van der Waals surface area (Å²) in [6.45, 7) is 1.62. The van der Waals surface area contributed by atoms with E-state index in [4.69, 9.17) is 9.15 Å². The molecule has 0 aliphatic carbocycles. The van der Waals surface area contributed by atoms with E-state index in [1.807, 2.05) is 0 Å². The second-order valence-corrected chi connectivity index (χ2v) is 5.58. The van der Waals surface area contributed by atoms with Gasteiger partial charge in [-0.1, -0.05) is 12.1 Å². The smallest absolute Gasteiger partial charge is 0.339 e. The normalized spacial score (nSPS) is 16.5. The predicted molar refractivity (Wildman–Crippen MR) is 92.2 cm³/mol. The summed E-state index contributed by atoms with van der Waals surface area (Å²) in [5, 5.41) is 7.93. The Bertz CT molecular complexity index is 886. The zero-order valence-corrected chi connectivity index (χ0v) is 14.2. The van der Waals surface area contributed by atoms with Gasteiger partial charge in [-0.25, -0.2) is 9.59 Å². The summed E-state index contributed by atoms with van der Waals surface area (Å²) in [4.78, 5) is 36.6. The summed E-state index contributed by atoms with van der Waals surface area (Å²) in [6, 6.07) is 8.65. The average molecular weight is 355 g/mol. The van der Waals surface area contributed by atoms with Crippen molar-refractivity contribution in [3.8, 4) is 0 Å². The van der Waals surface area contributed by atoms with Crippen LogP contribution in [0, 0.1) is 0 Å². The first-order valence-corrected chi connectivity index (χ1v) is 7.81. The lowest BCUT2D eigenvalue weighted by atomic mass is 9.99. The summed E-state index contributed by atoms with van der Waals surface area (Å²) in [5.41, 5.74) is 1.20. The lowest BCUT2D eigenvalue weighted by molar-refractivity contribution is -0.113. The first-order valence-electron chi connectivity index (χ1n) is 7.81. The van der Waals surface area contributed by atoms with E-state index in [1.165, 1.54) is 13.4 Å². The Hall–Kier alpha value is -3.55. The fourth-order valence-electron chi connectivity index (χ4n) is 2.73. The highest BCUT2D eigenvalue weighted by Gasteiger charge is 2.33. The van der Waals surface area contributed by atoms with E-state index in [9.17, 15) is 14.4 Å². The Labute approximate surface area is 149 Å². The molecule has 1 aromatic heterocycles. The molecule has 0 unspecified atom stereocenters. The number of hydrogen-bond acceptors (Lipinski definition) is 5. The molecular weight excluding hydrogens is 338 g/mol. The molecular formula is C18H17N3O5. The summed E-state index contributed by atoms with van der Waals surface area (Å²) in [5.74, 6) is -0.623. The standard InChI is InChI=1S/C18H17N3O5/c1-10-14(15(21-18(24)19-10)13-8-5-9-26-13)16(22)20-12-7-4-3-6-11(12)17(23)25-2/h3-9,15H,1-2H3,(H,20,22)(H2,19,21,24)/t15-/m0/s1. The Morgan fingerprint density at radius 2 is 1.96 bits per heavy atom. The Balaban J connectivity index is 1.94. The summed E-state index contributed by atoms with van der Waals surface area (Å²) < 4.78 is 10.1. The molecule has 8 heteroatoms. The van der Waals surface area contributed by atoms with Crippen LogP contribution in [0.1, 0.15) is 29.1 Å². The summed E-state index contributed by atoms with van der Waals surface area (Å²) in [7, 11) is 1.27. The third-order valence-corrected chi connectivity index (χ3v) is 3.92. The highest BCUT2D eigenvalue weighted by Crippen LogP contribution is 2.28. The number of esters is 1. The number of amides is 3. The molecule has 1 aromatic carbocycles. The van der Waals surface area contributed by atoms with Crippen molar-refractivity contribution in [1.82, 2.24) is 10.6 Å². The zero-order valence-electron chi connectivity index (χ0n) is 14.2. The van der Waals surface area contributed by atoms with Gasteiger partial charge in [0.25, 0.3) is 5.91 Å². The van der Waals surface area contributed by atoms with Crippen LogP contribution in [-0.4, -0.2) is 25.0 Å². The van der Waals surface area contributed by atoms with Gasteiger partial charge in [-0.3, -0.25) is 4.79 Å². The second-order valence-electron chi connectivity index (χ2n) is 5.58. The van der Waals surface area contributed by atoms with Gasteiger partial charge in [0, 0.05) is 5.70 Å². The number of rotatable bonds is 4. The van der Waals surface area contributed by atoms with Gasteiger partial charge in [0.1, 0.15) is 11.8 Å². The van der Waals surface area contributed by atoms with E-state index in [0.29, 0.717) is 17.1 Å². The SMILES string of the molecule is COC(=O)c1ccccc1NC(=O)C1=C(C)NC(=O)N[C@H]1c1ccco1. The number of nitrogens with one attached hydrogen (secondary N) is 3. The van der Waals surface area contributed by atoms with E-state index in [-0.39, 0.29) is 11.1 Å². The third kappa shape index (κ3) is 3.30. The molecule has 3 rings (SSSR count). The highest BCUT2D eigenvalue weighted by molar-refractivity contribution is 6.09. The van der Waals surface area contributed by atoms with Crippen LogP contribution in [-0.2, 0) is 9.53 Å². The number of benzene rings is 1. The largest absolute Gasteiger partial charge is 0.467 e. The molecule has 0 saturated heterocycles. The number of hydrogen-bond donors (Lipinski definition) is 3. The Kier molecular flexibility index (Phi) is 4.74. The molecule has 3 amide bonds. The van der Waals surface area contributed by atoms with E-state index in [1.54, 1.807) is 43.3 Å². The van der Waals surface area contributed by atoms with Crippen LogP contribution in [0.4, 0.5) is 10.5 Å². The van der Waals surface area contributed by atoms with Crippen molar-refractivity contribution in [2.75, 3.05) is 12.4 Å². The van der Waals surface area contributed by atoms with E-state index in [2.05, 4.69) is 16.0 Å². The van der Waals surface area contributed by atoms with Gasteiger partial charge in [-0.15, -0.1) is 0 Å². The van der Waals surface area contributed by atoms with Crippen molar-refractivity contribution in [2.45, 2.75) is 13.0 Å². The first kappa shape index (κ1) is 17.3. The minimum Gasteiger partial charge on any atom is -0.467 e. The van der Waals surface area contributed by atoms with Crippen LogP contribution in [0.5, 0.6) is 0 Å². The van der Waals surface area contributed by atoms with Crippen molar-refractivity contribution in [1.29, 1.82) is 0 Å². The van der Waals surface area contributed by atoms with Crippen LogP contribution in [0.25, 0.3) is 0 Å². The number of anilines is 1. The number of methoxy groups -OCH3 is 1. The molecule has 2 heterocycles. The molecule has 134 valence electrons. The first-order chi connectivity index (χ1) is 12.5. The predicted octanol–water partition coefficient (Wildman–Crippen LogP) is 2.33. The minimum atomic E-state index is -0.746. The number of furan rings is 1. The fourth-order valence-corrected chi connectivity index (χ4v) is 2.73. The maximum Gasteiger partial charge on any atom is 0.339 e. The zero-order chi connectivity index (χ0) is 18.7. The molecule has 0 fully saturated rings. The molecule has 26 heavy (non-hydrogen) atoms. The second kappa shape index (κ2) is 7.14. The maximum atomic E-state index is 12.9. The van der Waals surface area contributed by atoms with Crippen molar-refractivity contribution >= 4 is 23.6 Å². The van der Waals surface area contributed by atoms with Crippen LogP contribution in [0.15, 0.2) is 58.3 Å². The maximum absolute atomic E-state index is 12.9. The number of carbonyl (C=O) groups is 3. The van der Waals surface area contributed by atoms with Crippen molar-refractivity contribution in [3.63, 3.8) is 0 Å². The van der Waals surface area contributed by atoms with E-state index in [0.717, 1.165) is 0 Å².